The van der Waals surface area contributed by atoms with Gasteiger partial charge in [0.1, 0.15) is 18.3 Å². The van der Waals surface area contributed by atoms with Crippen LogP contribution in [0.4, 0.5) is 4.79 Å². The van der Waals surface area contributed by atoms with E-state index >= 15 is 0 Å². The Hall–Kier alpha value is -0.890. The molecule has 4 unspecified atom stereocenters. The van der Waals surface area contributed by atoms with Gasteiger partial charge in [-0.3, -0.25) is 0 Å². The lowest BCUT2D eigenvalue weighted by Gasteiger charge is -2.14. The van der Waals surface area contributed by atoms with E-state index in [2.05, 4.69) is 5.32 Å². The van der Waals surface area contributed by atoms with Gasteiger partial charge >= 0.3 is 6.03 Å². The third kappa shape index (κ3) is 2.07. The van der Waals surface area contributed by atoms with Crippen molar-refractivity contribution in [3.63, 3.8) is 0 Å². The molecule has 13 heavy (non-hydrogen) atoms. The zero-order valence-corrected chi connectivity index (χ0v) is 6.75. The smallest absolute Gasteiger partial charge is 0.314 e. The van der Waals surface area contributed by atoms with Crippen LogP contribution in [0.1, 0.15) is 0 Å². The van der Waals surface area contributed by atoms with Gasteiger partial charge in [-0.15, -0.1) is 0 Å². The lowest BCUT2D eigenvalue weighted by molar-refractivity contribution is -0.0281. The molecule has 0 aromatic carbocycles. The van der Waals surface area contributed by atoms with Gasteiger partial charge in [-0.25, -0.2) is 4.79 Å². The highest BCUT2D eigenvalue weighted by Gasteiger charge is 2.42. The van der Waals surface area contributed by atoms with Crippen molar-refractivity contribution in [1.82, 2.24) is 5.32 Å². The van der Waals surface area contributed by atoms with Crippen molar-refractivity contribution >= 4 is 6.03 Å². The van der Waals surface area contributed by atoms with E-state index in [4.69, 9.17) is 15.6 Å². The molecule has 0 radical (unpaired) electrons. The summed E-state index contributed by atoms with van der Waals surface area (Å²) < 4.78 is 4.88. The maximum absolute atomic E-state index is 10.4. The van der Waals surface area contributed by atoms with Crippen LogP contribution < -0.4 is 11.1 Å². The first-order chi connectivity index (χ1) is 6.06. The molecule has 76 valence electrons. The van der Waals surface area contributed by atoms with Gasteiger partial charge in [0.2, 0.25) is 0 Å². The van der Waals surface area contributed by atoms with Crippen molar-refractivity contribution in [2.45, 2.75) is 24.5 Å². The molecule has 7 nitrogen and oxygen atoms in total. The Kier molecular flexibility index (Phi) is 3.04. The summed E-state index contributed by atoms with van der Waals surface area (Å²) in [5, 5.41) is 29.2. The third-order valence-electron chi connectivity index (χ3n) is 1.83. The number of rotatable bonds is 2. The summed E-state index contributed by atoms with van der Waals surface area (Å²) in [6.07, 6.45) is -4.46. The second-order valence-corrected chi connectivity index (χ2v) is 2.77. The Morgan fingerprint density at radius 3 is 2.46 bits per heavy atom. The van der Waals surface area contributed by atoms with E-state index in [1.54, 1.807) is 0 Å². The molecular formula is C6H12N2O5. The highest BCUT2D eigenvalue weighted by atomic mass is 16.6. The molecule has 2 amide bonds. The first kappa shape index (κ1) is 10.2. The number of carbonyl (C=O) groups excluding carboxylic acids is 1. The number of urea groups is 1. The van der Waals surface area contributed by atoms with Crippen LogP contribution in [0.15, 0.2) is 0 Å². The summed E-state index contributed by atoms with van der Waals surface area (Å²) in [6.45, 7) is -0.435. The van der Waals surface area contributed by atoms with Gasteiger partial charge in [0.05, 0.1) is 6.61 Å². The van der Waals surface area contributed by atoms with Crippen LogP contribution in [-0.2, 0) is 4.74 Å². The molecule has 1 aliphatic heterocycles. The van der Waals surface area contributed by atoms with Crippen molar-refractivity contribution < 1.29 is 24.9 Å². The highest BCUT2D eigenvalue weighted by molar-refractivity contribution is 5.71. The first-order valence-electron chi connectivity index (χ1n) is 3.74. The monoisotopic (exact) mass is 192 g/mol. The predicted molar refractivity (Wildman–Crippen MR) is 40.5 cm³/mol. The number of primary amides is 1. The molecule has 0 aromatic rings. The molecule has 1 rings (SSSR count). The van der Waals surface area contributed by atoms with Crippen molar-refractivity contribution in [2.75, 3.05) is 6.61 Å². The largest absolute Gasteiger partial charge is 0.394 e. The number of hydrogen-bond donors (Lipinski definition) is 5. The number of nitrogens with two attached hydrogens (primary N) is 1. The lowest BCUT2D eigenvalue weighted by Crippen LogP contribution is -2.45. The van der Waals surface area contributed by atoms with E-state index in [0.29, 0.717) is 0 Å². The van der Waals surface area contributed by atoms with E-state index in [-0.39, 0.29) is 0 Å². The molecule has 1 aliphatic rings. The number of carbonyl (C=O) groups is 1. The number of ether oxygens (including phenoxy) is 1. The van der Waals surface area contributed by atoms with E-state index in [1.165, 1.54) is 0 Å². The topological polar surface area (TPSA) is 125 Å². The van der Waals surface area contributed by atoms with E-state index in [0.717, 1.165) is 0 Å². The fourth-order valence-electron chi connectivity index (χ4n) is 1.16. The second kappa shape index (κ2) is 3.88. The molecule has 0 spiro atoms. The van der Waals surface area contributed by atoms with Gasteiger partial charge in [-0.05, 0) is 0 Å². The van der Waals surface area contributed by atoms with Gasteiger partial charge in [0.25, 0.3) is 0 Å². The Bertz CT molecular complexity index is 199. The molecule has 0 bridgehead atoms. The average Bonchev–Trinajstić information content (AvgIpc) is 2.32. The molecule has 6 N–H and O–H groups in total. The molecule has 7 heteroatoms. The van der Waals surface area contributed by atoms with Crippen molar-refractivity contribution in [1.29, 1.82) is 0 Å². The van der Waals surface area contributed by atoms with Crippen LogP contribution in [0.2, 0.25) is 0 Å². The maximum atomic E-state index is 10.4. The minimum absolute atomic E-state index is 0.435. The molecule has 4 atom stereocenters. The number of amides is 2. The van der Waals surface area contributed by atoms with Crippen molar-refractivity contribution in [2.24, 2.45) is 5.73 Å². The van der Waals surface area contributed by atoms with Crippen LogP contribution in [-0.4, -0.2) is 52.5 Å². The first-order valence-corrected chi connectivity index (χ1v) is 3.74. The Morgan fingerprint density at radius 1 is 1.46 bits per heavy atom. The second-order valence-electron chi connectivity index (χ2n) is 2.77. The standard InChI is InChI=1S/C6H12N2O5/c7-6(12)8-5-4(11)3(10)2(1-9)13-5/h2-5,9-11H,1H2,(H3,7,8,12). The summed E-state index contributed by atoms with van der Waals surface area (Å²) in [6, 6.07) is -0.866. The zero-order valence-electron chi connectivity index (χ0n) is 6.75. The van der Waals surface area contributed by atoms with Crippen LogP contribution in [0, 0.1) is 0 Å². The molecule has 1 saturated heterocycles. The van der Waals surface area contributed by atoms with E-state index < -0.39 is 37.2 Å². The quantitative estimate of drug-likeness (QED) is 0.321. The molecule has 0 saturated carbocycles. The van der Waals surface area contributed by atoms with E-state index in [1.807, 2.05) is 0 Å². The zero-order chi connectivity index (χ0) is 10.0. The minimum Gasteiger partial charge on any atom is -0.394 e. The summed E-state index contributed by atoms with van der Waals surface area (Å²) in [5.74, 6) is 0. The SMILES string of the molecule is NC(=O)NC1OC(CO)C(O)C1O. The molecule has 1 fully saturated rings. The Balaban J connectivity index is 2.55. The van der Waals surface area contributed by atoms with Gasteiger partial charge in [0, 0.05) is 0 Å². The van der Waals surface area contributed by atoms with Gasteiger partial charge in [-0.2, -0.15) is 0 Å². The van der Waals surface area contributed by atoms with Gasteiger partial charge in [0.15, 0.2) is 6.23 Å². The van der Waals surface area contributed by atoms with Crippen LogP contribution in [0.5, 0.6) is 0 Å². The number of hydrogen-bond acceptors (Lipinski definition) is 5. The average molecular weight is 192 g/mol. The molecular weight excluding hydrogens is 180 g/mol. The Labute approximate surface area is 74.1 Å². The predicted octanol–water partition coefficient (Wildman–Crippen LogP) is -2.91. The Morgan fingerprint density at radius 2 is 2.08 bits per heavy atom. The van der Waals surface area contributed by atoms with Crippen molar-refractivity contribution in [3.05, 3.63) is 0 Å². The molecule has 0 aliphatic carbocycles. The molecule has 0 aromatic heterocycles. The summed E-state index contributed by atoms with van der Waals surface area (Å²) in [4.78, 5) is 10.4. The number of aliphatic hydroxyl groups excluding tert-OH is 3. The van der Waals surface area contributed by atoms with Crippen LogP contribution in [0.25, 0.3) is 0 Å². The fraction of sp³-hybridized carbons (Fsp3) is 0.833. The third-order valence-corrected chi connectivity index (χ3v) is 1.83. The summed E-state index contributed by atoms with van der Waals surface area (Å²) >= 11 is 0. The number of nitrogens with one attached hydrogen (secondary N) is 1. The van der Waals surface area contributed by atoms with Crippen LogP contribution in [0.3, 0.4) is 0 Å². The molecule has 1 heterocycles. The summed E-state index contributed by atoms with van der Waals surface area (Å²) in [7, 11) is 0. The van der Waals surface area contributed by atoms with Crippen molar-refractivity contribution in [3.8, 4) is 0 Å². The fourth-order valence-corrected chi connectivity index (χ4v) is 1.16. The van der Waals surface area contributed by atoms with Gasteiger partial charge < -0.3 is 31.1 Å². The van der Waals surface area contributed by atoms with Crippen LogP contribution >= 0.6 is 0 Å². The highest BCUT2D eigenvalue weighted by Crippen LogP contribution is 2.18. The van der Waals surface area contributed by atoms with Gasteiger partial charge in [-0.1, -0.05) is 0 Å². The summed E-state index contributed by atoms with van der Waals surface area (Å²) in [5.41, 5.74) is 4.78. The normalized spacial score (nSPS) is 39.0. The maximum Gasteiger partial charge on any atom is 0.314 e. The number of aliphatic hydroxyl groups is 3. The minimum atomic E-state index is -1.27. The van der Waals surface area contributed by atoms with E-state index in [9.17, 15) is 15.0 Å². The lowest BCUT2D eigenvalue weighted by atomic mass is 10.1.